The maximum Gasteiger partial charge on any atom is 0.244 e. The molecule has 0 saturated carbocycles. The summed E-state index contributed by atoms with van der Waals surface area (Å²) in [6.45, 7) is 7.35. The Morgan fingerprint density at radius 2 is 1.76 bits per heavy atom. The summed E-state index contributed by atoms with van der Waals surface area (Å²) in [6.07, 6.45) is 0.915. The van der Waals surface area contributed by atoms with Crippen LogP contribution in [0.2, 0.25) is 0 Å². The maximum atomic E-state index is 12.6. The topological polar surface area (TPSA) is 56.7 Å². The van der Waals surface area contributed by atoms with E-state index in [-0.39, 0.29) is 36.4 Å². The fourth-order valence-corrected chi connectivity index (χ4v) is 3.45. The summed E-state index contributed by atoms with van der Waals surface area (Å²) >= 11 is 0. The highest BCUT2D eigenvalue weighted by atomic mass is 127. The molecule has 0 fully saturated rings. The average Bonchev–Trinajstić information content (AvgIpc) is 2.75. The largest absolute Gasteiger partial charge is 0.357 e. The van der Waals surface area contributed by atoms with Crippen LogP contribution >= 0.6 is 24.0 Å². The molecule has 0 radical (unpaired) electrons. The van der Waals surface area contributed by atoms with Gasteiger partial charge < -0.3 is 15.5 Å². The van der Waals surface area contributed by atoms with Gasteiger partial charge in [0.25, 0.3) is 0 Å². The quantitative estimate of drug-likeness (QED) is 0.358. The van der Waals surface area contributed by atoms with Gasteiger partial charge in [0.15, 0.2) is 5.96 Å². The predicted molar refractivity (Wildman–Crippen MR) is 130 cm³/mol. The molecule has 1 aliphatic rings. The Kier molecular flexibility index (Phi) is 9.44. The van der Waals surface area contributed by atoms with Gasteiger partial charge in [0, 0.05) is 26.2 Å². The monoisotopic (exact) mass is 506 g/mol. The first kappa shape index (κ1) is 23.2. The molecule has 2 aromatic carbocycles. The molecule has 29 heavy (non-hydrogen) atoms. The third kappa shape index (κ3) is 6.73. The molecule has 1 aliphatic heterocycles. The Morgan fingerprint density at radius 3 is 2.48 bits per heavy atom. The van der Waals surface area contributed by atoms with E-state index in [2.05, 4.69) is 65.0 Å². The van der Waals surface area contributed by atoms with Gasteiger partial charge in [0.2, 0.25) is 5.91 Å². The first-order chi connectivity index (χ1) is 13.7. The molecule has 1 atom stereocenters. The number of nitrogens with zero attached hydrogens (tertiary/aromatic N) is 2. The predicted octanol–water partition coefficient (Wildman–Crippen LogP) is 3.55. The molecule has 0 aliphatic carbocycles. The van der Waals surface area contributed by atoms with Crippen molar-refractivity contribution in [2.24, 2.45) is 4.99 Å². The molecule has 1 unspecified atom stereocenters. The fraction of sp³-hybridized carbons (Fsp3) is 0.391. The van der Waals surface area contributed by atoms with Crippen LogP contribution in [0.3, 0.4) is 0 Å². The van der Waals surface area contributed by atoms with E-state index in [4.69, 9.17) is 0 Å². The maximum absolute atomic E-state index is 12.6. The zero-order valence-electron chi connectivity index (χ0n) is 17.2. The smallest absolute Gasteiger partial charge is 0.244 e. The molecular formula is C23H31IN4O. The normalized spacial score (nSPS) is 14.4. The van der Waals surface area contributed by atoms with Crippen molar-refractivity contribution in [1.29, 1.82) is 0 Å². The van der Waals surface area contributed by atoms with E-state index in [1.54, 1.807) is 0 Å². The highest BCUT2D eigenvalue weighted by molar-refractivity contribution is 14.0. The van der Waals surface area contributed by atoms with Gasteiger partial charge in [-0.1, -0.05) is 61.5 Å². The molecule has 2 aromatic rings. The Balaban J connectivity index is 0.00000300. The number of rotatable bonds is 6. The molecule has 6 heteroatoms. The van der Waals surface area contributed by atoms with Crippen LogP contribution in [0.25, 0.3) is 0 Å². The number of guanidine groups is 1. The zero-order valence-corrected chi connectivity index (χ0v) is 19.6. The van der Waals surface area contributed by atoms with Crippen LogP contribution in [0.1, 0.15) is 36.5 Å². The standard InChI is InChI=1S/C23H30N4O.HI/c1-3-24-23(25-15-18(2)19-9-5-4-6-10-19)26-16-22(28)27-14-13-20-11-7-8-12-21(20)17-27;/h4-12,18H,3,13-17H2,1-2H3,(H2,24,25,26);1H. The number of aliphatic imine (C=N–C) groups is 1. The number of hydrogen-bond donors (Lipinski definition) is 2. The van der Waals surface area contributed by atoms with Crippen molar-refractivity contribution in [2.45, 2.75) is 32.7 Å². The third-order valence-electron chi connectivity index (χ3n) is 5.14. The highest BCUT2D eigenvalue weighted by Gasteiger charge is 2.20. The number of benzene rings is 2. The van der Waals surface area contributed by atoms with Crippen molar-refractivity contribution in [3.63, 3.8) is 0 Å². The SMILES string of the molecule is CCNC(=NCC(=O)N1CCc2ccccc2C1)NCC(C)c1ccccc1.I. The van der Waals surface area contributed by atoms with E-state index >= 15 is 0 Å². The van der Waals surface area contributed by atoms with Crippen LogP contribution in [-0.2, 0) is 17.8 Å². The van der Waals surface area contributed by atoms with E-state index in [0.717, 1.165) is 26.1 Å². The lowest BCUT2D eigenvalue weighted by Gasteiger charge is -2.28. The van der Waals surface area contributed by atoms with Crippen LogP contribution in [0.4, 0.5) is 0 Å². The van der Waals surface area contributed by atoms with Gasteiger partial charge in [-0.25, -0.2) is 4.99 Å². The molecule has 2 N–H and O–H groups in total. The van der Waals surface area contributed by atoms with Gasteiger partial charge in [0.1, 0.15) is 6.54 Å². The first-order valence-corrected chi connectivity index (χ1v) is 10.1. The van der Waals surface area contributed by atoms with Crippen molar-refractivity contribution in [1.82, 2.24) is 15.5 Å². The number of carbonyl (C=O) groups is 1. The summed E-state index contributed by atoms with van der Waals surface area (Å²) in [6, 6.07) is 18.8. The Bertz CT molecular complexity index is 810. The second-order valence-corrected chi connectivity index (χ2v) is 7.22. The lowest BCUT2D eigenvalue weighted by Crippen LogP contribution is -2.41. The van der Waals surface area contributed by atoms with Crippen LogP contribution in [0.5, 0.6) is 0 Å². The van der Waals surface area contributed by atoms with Crippen LogP contribution in [0, 0.1) is 0 Å². The lowest BCUT2D eigenvalue weighted by molar-refractivity contribution is -0.130. The number of hydrogen-bond acceptors (Lipinski definition) is 2. The van der Waals surface area contributed by atoms with E-state index in [1.165, 1.54) is 16.7 Å². The lowest BCUT2D eigenvalue weighted by atomic mass is 10.00. The Morgan fingerprint density at radius 1 is 1.07 bits per heavy atom. The van der Waals surface area contributed by atoms with Gasteiger partial charge in [-0.2, -0.15) is 0 Å². The second kappa shape index (κ2) is 11.8. The van der Waals surface area contributed by atoms with E-state index in [1.807, 2.05) is 24.0 Å². The van der Waals surface area contributed by atoms with Crippen LogP contribution in [-0.4, -0.2) is 42.9 Å². The van der Waals surface area contributed by atoms with Gasteiger partial charge in [-0.05, 0) is 36.0 Å². The molecule has 1 heterocycles. The summed E-state index contributed by atoms with van der Waals surface area (Å²) in [5.41, 5.74) is 3.88. The minimum atomic E-state index is 0. The fourth-order valence-electron chi connectivity index (χ4n) is 3.45. The number of nitrogens with one attached hydrogen (secondary N) is 2. The number of halogens is 1. The first-order valence-electron chi connectivity index (χ1n) is 10.1. The van der Waals surface area contributed by atoms with Crippen LogP contribution in [0.15, 0.2) is 59.6 Å². The summed E-state index contributed by atoms with van der Waals surface area (Å²) in [5.74, 6) is 1.12. The Labute approximate surface area is 191 Å². The molecule has 0 bridgehead atoms. The van der Waals surface area contributed by atoms with Crippen LogP contribution < -0.4 is 10.6 Å². The average molecular weight is 506 g/mol. The van der Waals surface area contributed by atoms with Crippen molar-refractivity contribution >= 4 is 35.8 Å². The van der Waals surface area contributed by atoms with Gasteiger partial charge >= 0.3 is 0 Å². The third-order valence-corrected chi connectivity index (χ3v) is 5.14. The van der Waals surface area contributed by atoms with E-state index in [0.29, 0.717) is 18.4 Å². The second-order valence-electron chi connectivity index (χ2n) is 7.22. The molecule has 3 rings (SSSR count). The van der Waals surface area contributed by atoms with Gasteiger partial charge in [-0.15, -0.1) is 24.0 Å². The zero-order chi connectivity index (χ0) is 19.8. The number of carbonyl (C=O) groups excluding carboxylic acids is 1. The van der Waals surface area contributed by atoms with Gasteiger partial charge in [0.05, 0.1) is 0 Å². The minimum absolute atomic E-state index is 0. The number of amides is 1. The summed E-state index contributed by atoms with van der Waals surface area (Å²) < 4.78 is 0. The summed E-state index contributed by atoms with van der Waals surface area (Å²) in [5, 5.41) is 6.59. The van der Waals surface area contributed by atoms with Gasteiger partial charge in [-0.3, -0.25) is 4.79 Å². The number of fused-ring (bicyclic) bond motifs is 1. The molecule has 0 spiro atoms. The molecule has 0 saturated heterocycles. The molecule has 0 aromatic heterocycles. The molecular weight excluding hydrogens is 475 g/mol. The molecule has 156 valence electrons. The summed E-state index contributed by atoms with van der Waals surface area (Å²) in [4.78, 5) is 19.1. The highest BCUT2D eigenvalue weighted by Crippen LogP contribution is 2.18. The molecule has 1 amide bonds. The summed E-state index contributed by atoms with van der Waals surface area (Å²) in [7, 11) is 0. The van der Waals surface area contributed by atoms with Crippen molar-refractivity contribution in [3.8, 4) is 0 Å². The molecule has 5 nitrogen and oxygen atoms in total. The van der Waals surface area contributed by atoms with Crippen molar-refractivity contribution in [2.75, 3.05) is 26.2 Å². The minimum Gasteiger partial charge on any atom is -0.357 e. The Hall–Kier alpha value is -2.09. The van der Waals surface area contributed by atoms with E-state index in [9.17, 15) is 4.79 Å². The van der Waals surface area contributed by atoms with Crippen molar-refractivity contribution < 1.29 is 4.79 Å². The van der Waals surface area contributed by atoms with Crippen molar-refractivity contribution in [3.05, 3.63) is 71.3 Å². The van der Waals surface area contributed by atoms with E-state index < -0.39 is 0 Å².